The van der Waals surface area contributed by atoms with Crippen molar-refractivity contribution >= 4 is 17.3 Å². The zero-order valence-corrected chi connectivity index (χ0v) is 20.6. The average molecular weight is 440 g/mol. The van der Waals surface area contributed by atoms with E-state index in [9.17, 15) is 0 Å². The fourth-order valence-electron chi connectivity index (χ4n) is 4.75. The van der Waals surface area contributed by atoms with E-state index in [2.05, 4.69) is 86.6 Å². The highest BCUT2D eigenvalue weighted by molar-refractivity contribution is 7.80. The van der Waals surface area contributed by atoms with Gasteiger partial charge in [-0.2, -0.15) is 0 Å². The summed E-state index contributed by atoms with van der Waals surface area (Å²) in [5.74, 6) is 0.869. The maximum atomic E-state index is 5.95. The summed E-state index contributed by atoms with van der Waals surface area (Å²) in [6.45, 7) is 12.7. The van der Waals surface area contributed by atoms with Crippen LogP contribution in [-0.2, 0) is 13.1 Å². The second kappa shape index (κ2) is 9.58. The number of hydrogen-bond acceptors (Lipinski definition) is 3. The van der Waals surface area contributed by atoms with Crippen molar-refractivity contribution in [2.24, 2.45) is 0 Å². The fraction of sp³-hybridized carbons (Fsp3) is 0.500. The van der Waals surface area contributed by atoms with Crippen LogP contribution in [-0.4, -0.2) is 34.2 Å². The molecule has 4 nitrogen and oxygen atoms in total. The maximum absolute atomic E-state index is 5.95. The predicted octanol–water partition coefficient (Wildman–Crippen LogP) is 5.19. The Balaban J connectivity index is 1.76. The molecule has 1 heterocycles. The number of rotatable bonds is 6. The van der Waals surface area contributed by atoms with Gasteiger partial charge in [0.2, 0.25) is 0 Å². The largest absolute Gasteiger partial charge is 0.497 e. The van der Waals surface area contributed by atoms with E-state index in [1.54, 1.807) is 7.11 Å². The van der Waals surface area contributed by atoms with Crippen molar-refractivity contribution in [3.63, 3.8) is 0 Å². The molecule has 31 heavy (non-hydrogen) atoms. The molecule has 0 radical (unpaired) electrons. The molecule has 1 fully saturated rings. The van der Waals surface area contributed by atoms with Crippen LogP contribution in [0.5, 0.6) is 5.75 Å². The monoisotopic (exact) mass is 439 g/mol. The SMILES string of the molecule is COc1ccc(CN(Cc2ccc(C)cc2)C(=S)NC2CC(C)(C)NC(C)(C)C2)cc1. The molecular weight excluding hydrogens is 402 g/mol. The molecule has 0 bridgehead atoms. The number of methoxy groups -OCH3 is 1. The molecule has 0 atom stereocenters. The molecule has 1 aliphatic heterocycles. The molecule has 3 rings (SSSR count). The minimum absolute atomic E-state index is 0.0762. The van der Waals surface area contributed by atoms with E-state index in [0.717, 1.165) is 36.8 Å². The lowest BCUT2D eigenvalue weighted by atomic mass is 9.80. The van der Waals surface area contributed by atoms with Crippen LogP contribution in [0.25, 0.3) is 0 Å². The molecule has 2 aromatic rings. The second-order valence-electron chi connectivity index (χ2n) is 10.1. The van der Waals surface area contributed by atoms with Crippen molar-refractivity contribution in [2.45, 2.75) is 77.7 Å². The Morgan fingerprint density at radius 3 is 1.94 bits per heavy atom. The van der Waals surface area contributed by atoms with Crippen molar-refractivity contribution in [3.05, 3.63) is 65.2 Å². The summed E-state index contributed by atoms with van der Waals surface area (Å²) >= 11 is 5.95. The maximum Gasteiger partial charge on any atom is 0.169 e. The van der Waals surface area contributed by atoms with Crippen LogP contribution in [0.1, 0.15) is 57.2 Å². The summed E-state index contributed by atoms with van der Waals surface area (Å²) in [6.07, 6.45) is 2.08. The van der Waals surface area contributed by atoms with Gasteiger partial charge in [-0.1, -0.05) is 42.0 Å². The molecule has 2 aromatic carbocycles. The molecule has 0 aliphatic carbocycles. The van der Waals surface area contributed by atoms with E-state index in [1.807, 2.05) is 12.1 Å². The zero-order valence-electron chi connectivity index (χ0n) is 19.8. The van der Waals surface area contributed by atoms with Crippen LogP contribution >= 0.6 is 12.2 Å². The number of benzene rings is 2. The number of nitrogens with one attached hydrogen (secondary N) is 2. The number of hydrogen-bond donors (Lipinski definition) is 2. The van der Waals surface area contributed by atoms with Crippen molar-refractivity contribution in [3.8, 4) is 5.75 Å². The first-order valence-corrected chi connectivity index (χ1v) is 11.5. The van der Waals surface area contributed by atoms with Crippen molar-refractivity contribution in [1.82, 2.24) is 15.5 Å². The van der Waals surface area contributed by atoms with E-state index >= 15 is 0 Å². The minimum atomic E-state index is 0.0762. The summed E-state index contributed by atoms with van der Waals surface area (Å²) < 4.78 is 5.31. The van der Waals surface area contributed by atoms with Gasteiger partial charge in [-0.05, 0) is 82.9 Å². The van der Waals surface area contributed by atoms with Gasteiger partial charge in [0.15, 0.2) is 5.11 Å². The lowest BCUT2D eigenvalue weighted by molar-refractivity contribution is 0.153. The van der Waals surface area contributed by atoms with Gasteiger partial charge in [-0.15, -0.1) is 0 Å². The molecular formula is C26H37N3OS. The molecule has 0 amide bonds. The van der Waals surface area contributed by atoms with Crippen LogP contribution in [0.4, 0.5) is 0 Å². The minimum Gasteiger partial charge on any atom is -0.497 e. The Labute approximate surface area is 193 Å². The van der Waals surface area contributed by atoms with Crippen LogP contribution < -0.4 is 15.4 Å². The van der Waals surface area contributed by atoms with Gasteiger partial charge in [-0.25, -0.2) is 0 Å². The van der Waals surface area contributed by atoms with Crippen LogP contribution in [0.2, 0.25) is 0 Å². The Morgan fingerprint density at radius 1 is 0.968 bits per heavy atom. The number of ether oxygens (including phenoxy) is 1. The highest BCUT2D eigenvalue weighted by Gasteiger charge is 2.38. The molecule has 2 N–H and O–H groups in total. The molecule has 0 aromatic heterocycles. The lowest BCUT2D eigenvalue weighted by Crippen LogP contribution is -2.62. The van der Waals surface area contributed by atoms with Crippen LogP contribution in [0.3, 0.4) is 0 Å². The first kappa shape index (κ1) is 23.6. The van der Waals surface area contributed by atoms with E-state index in [0.29, 0.717) is 6.04 Å². The number of piperidine rings is 1. The smallest absolute Gasteiger partial charge is 0.169 e. The van der Waals surface area contributed by atoms with Crippen molar-refractivity contribution in [1.29, 1.82) is 0 Å². The number of thiocarbonyl (C=S) groups is 1. The van der Waals surface area contributed by atoms with E-state index in [-0.39, 0.29) is 11.1 Å². The second-order valence-corrected chi connectivity index (χ2v) is 10.5. The third kappa shape index (κ3) is 6.94. The van der Waals surface area contributed by atoms with Crippen molar-refractivity contribution < 1.29 is 4.74 Å². The topological polar surface area (TPSA) is 36.5 Å². The number of aryl methyl sites for hydroxylation is 1. The standard InChI is InChI=1S/C26H37N3OS/c1-19-7-9-20(10-8-19)17-29(18-21-11-13-23(30-6)14-12-21)24(31)27-22-15-25(2,3)28-26(4,5)16-22/h7-14,22,28H,15-18H2,1-6H3,(H,27,31). The summed E-state index contributed by atoms with van der Waals surface area (Å²) in [5, 5.41) is 8.26. The van der Waals surface area contributed by atoms with E-state index < -0.39 is 0 Å². The summed E-state index contributed by atoms with van der Waals surface area (Å²) in [6, 6.07) is 17.3. The predicted molar refractivity (Wildman–Crippen MR) is 133 cm³/mol. The van der Waals surface area contributed by atoms with Gasteiger partial charge in [-0.3, -0.25) is 0 Å². The normalized spacial score (nSPS) is 17.7. The third-order valence-corrected chi connectivity index (χ3v) is 6.21. The van der Waals surface area contributed by atoms with Crippen molar-refractivity contribution in [2.75, 3.05) is 7.11 Å². The van der Waals surface area contributed by atoms with E-state index in [4.69, 9.17) is 17.0 Å². The summed E-state index contributed by atoms with van der Waals surface area (Å²) in [4.78, 5) is 2.27. The van der Waals surface area contributed by atoms with Gasteiger partial charge < -0.3 is 20.3 Å². The molecule has 1 aliphatic rings. The Morgan fingerprint density at radius 2 is 1.45 bits per heavy atom. The molecule has 0 spiro atoms. The van der Waals surface area contributed by atoms with Gasteiger partial charge in [0.05, 0.1) is 7.11 Å². The summed E-state index contributed by atoms with van der Waals surface area (Å²) in [7, 11) is 1.69. The Kier molecular flexibility index (Phi) is 7.28. The quantitative estimate of drug-likeness (QED) is 0.606. The highest BCUT2D eigenvalue weighted by atomic mass is 32.1. The molecule has 1 saturated heterocycles. The summed E-state index contributed by atoms with van der Waals surface area (Å²) in [5.41, 5.74) is 3.89. The van der Waals surface area contributed by atoms with E-state index in [1.165, 1.54) is 16.7 Å². The third-order valence-electron chi connectivity index (χ3n) is 5.83. The number of nitrogens with zero attached hydrogens (tertiary/aromatic N) is 1. The van der Waals surface area contributed by atoms with Gasteiger partial charge >= 0.3 is 0 Å². The van der Waals surface area contributed by atoms with Gasteiger partial charge in [0, 0.05) is 30.2 Å². The molecule has 5 heteroatoms. The molecule has 0 unspecified atom stereocenters. The Hall–Kier alpha value is -2.11. The van der Waals surface area contributed by atoms with Gasteiger partial charge in [0.25, 0.3) is 0 Å². The first-order chi connectivity index (χ1) is 14.5. The fourth-order valence-corrected chi connectivity index (χ4v) is 5.05. The molecule has 0 saturated carbocycles. The lowest BCUT2D eigenvalue weighted by Gasteiger charge is -2.47. The molecule has 168 valence electrons. The average Bonchev–Trinajstić information content (AvgIpc) is 2.67. The van der Waals surface area contributed by atoms with Crippen LogP contribution in [0.15, 0.2) is 48.5 Å². The van der Waals surface area contributed by atoms with Crippen LogP contribution in [0, 0.1) is 6.92 Å². The van der Waals surface area contributed by atoms with Gasteiger partial charge in [0.1, 0.15) is 5.75 Å². The Bertz CT molecular complexity index is 859. The highest BCUT2D eigenvalue weighted by Crippen LogP contribution is 2.29. The first-order valence-electron chi connectivity index (χ1n) is 11.1. The zero-order chi connectivity index (χ0) is 22.6.